The highest BCUT2D eigenvalue weighted by Gasteiger charge is 2.06. The second kappa shape index (κ2) is 8.91. The maximum absolute atomic E-state index is 6.59. The lowest BCUT2D eigenvalue weighted by molar-refractivity contribution is 0.717. The Morgan fingerprint density at radius 2 is 1.42 bits per heavy atom. The molecule has 1 N–H and O–H groups in total. The Hall–Kier alpha value is -2.25. The first-order valence-electron chi connectivity index (χ1n) is 9.38. The first-order chi connectivity index (χ1) is 12.7. The van der Waals surface area contributed by atoms with Crippen LogP contribution in [0.3, 0.4) is 0 Å². The van der Waals surface area contributed by atoms with Crippen LogP contribution in [-0.2, 0) is 6.42 Å². The van der Waals surface area contributed by atoms with Gasteiger partial charge < -0.3 is 5.32 Å². The molecule has 0 atom stereocenters. The summed E-state index contributed by atoms with van der Waals surface area (Å²) in [6, 6.07) is 23.5. The van der Waals surface area contributed by atoms with Gasteiger partial charge in [0, 0.05) is 23.3 Å². The van der Waals surface area contributed by atoms with Crippen LogP contribution in [0.2, 0.25) is 5.02 Å². The Labute approximate surface area is 162 Å². The highest BCUT2D eigenvalue weighted by Crippen LogP contribution is 2.33. The van der Waals surface area contributed by atoms with E-state index in [0.717, 1.165) is 33.8 Å². The lowest BCUT2D eigenvalue weighted by atomic mass is 9.98. The third kappa shape index (κ3) is 4.47. The lowest BCUT2D eigenvalue weighted by Gasteiger charge is -2.10. The molecule has 0 aliphatic heterocycles. The van der Waals surface area contributed by atoms with E-state index in [9.17, 15) is 0 Å². The summed E-state index contributed by atoms with van der Waals surface area (Å²) in [4.78, 5) is 0. The van der Waals surface area contributed by atoms with Crippen molar-refractivity contribution in [3.63, 3.8) is 0 Å². The molecule has 0 aromatic heterocycles. The molecule has 3 aromatic rings. The number of benzene rings is 3. The van der Waals surface area contributed by atoms with E-state index in [1.165, 1.54) is 30.4 Å². The fraction of sp³-hybridized carbons (Fsp3) is 0.250. The Balaban J connectivity index is 1.78. The van der Waals surface area contributed by atoms with Crippen LogP contribution < -0.4 is 5.32 Å². The summed E-state index contributed by atoms with van der Waals surface area (Å²) in [7, 11) is 1.92. The number of aryl methyl sites for hydroxylation is 1. The van der Waals surface area contributed by atoms with E-state index in [1.54, 1.807) is 0 Å². The number of nitrogens with one attached hydrogen (secondary N) is 1. The van der Waals surface area contributed by atoms with E-state index >= 15 is 0 Å². The van der Waals surface area contributed by atoms with Crippen molar-refractivity contribution < 1.29 is 0 Å². The highest BCUT2D eigenvalue weighted by molar-refractivity contribution is 6.33. The van der Waals surface area contributed by atoms with Crippen LogP contribution in [0.25, 0.3) is 22.3 Å². The van der Waals surface area contributed by atoms with Crippen LogP contribution in [0.5, 0.6) is 0 Å². The average Bonchev–Trinajstić information content (AvgIpc) is 2.69. The van der Waals surface area contributed by atoms with Gasteiger partial charge in [0.1, 0.15) is 0 Å². The number of hydrogen-bond acceptors (Lipinski definition) is 1. The van der Waals surface area contributed by atoms with Crippen molar-refractivity contribution in [2.45, 2.75) is 32.6 Å². The van der Waals surface area contributed by atoms with Crippen molar-refractivity contribution in [3.8, 4) is 22.3 Å². The molecule has 3 aromatic carbocycles. The van der Waals surface area contributed by atoms with Gasteiger partial charge >= 0.3 is 0 Å². The third-order valence-corrected chi connectivity index (χ3v) is 5.12. The summed E-state index contributed by atoms with van der Waals surface area (Å²) in [5.74, 6) is 0. The first-order valence-corrected chi connectivity index (χ1v) is 9.76. The van der Waals surface area contributed by atoms with E-state index < -0.39 is 0 Å². The van der Waals surface area contributed by atoms with Crippen LogP contribution in [0.15, 0.2) is 66.7 Å². The van der Waals surface area contributed by atoms with Crippen LogP contribution in [0, 0.1) is 0 Å². The van der Waals surface area contributed by atoms with Gasteiger partial charge in [-0.1, -0.05) is 79.9 Å². The second-order valence-corrected chi connectivity index (χ2v) is 7.08. The molecule has 0 saturated heterocycles. The topological polar surface area (TPSA) is 12.0 Å². The molecule has 0 saturated carbocycles. The SMILES string of the molecule is CCCCCc1ccc(-c2ccc(-c3ccc(NC)cc3)c(Cl)c2)cc1. The number of halogens is 1. The van der Waals surface area contributed by atoms with Crippen LogP contribution in [0.4, 0.5) is 5.69 Å². The standard InChI is InChI=1S/C24H26ClN/c1-3-4-5-6-18-7-9-19(10-8-18)21-13-16-23(24(25)17-21)20-11-14-22(26-2)15-12-20/h7-17,26H,3-6H2,1-2H3. The van der Waals surface area contributed by atoms with Crippen LogP contribution >= 0.6 is 11.6 Å². The number of hydrogen-bond donors (Lipinski definition) is 1. The van der Waals surface area contributed by atoms with Gasteiger partial charge in [0.15, 0.2) is 0 Å². The molecule has 3 rings (SSSR count). The van der Waals surface area contributed by atoms with Crippen molar-refractivity contribution in [3.05, 3.63) is 77.3 Å². The molecular formula is C24H26ClN. The maximum atomic E-state index is 6.59. The molecule has 0 spiro atoms. The third-order valence-electron chi connectivity index (χ3n) is 4.81. The van der Waals surface area contributed by atoms with Crippen LogP contribution in [-0.4, -0.2) is 7.05 Å². The van der Waals surface area contributed by atoms with Gasteiger partial charge in [-0.15, -0.1) is 0 Å². The molecule has 0 radical (unpaired) electrons. The van der Waals surface area contributed by atoms with E-state index in [0.29, 0.717) is 0 Å². The molecule has 0 unspecified atom stereocenters. The summed E-state index contributed by atoms with van der Waals surface area (Å²) in [5, 5.41) is 3.92. The minimum Gasteiger partial charge on any atom is -0.388 e. The lowest BCUT2D eigenvalue weighted by Crippen LogP contribution is -1.88. The number of anilines is 1. The van der Waals surface area contributed by atoms with Crippen molar-refractivity contribution in [2.24, 2.45) is 0 Å². The van der Waals surface area contributed by atoms with Gasteiger partial charge in [0.25, 0.3) is 0 Å². The smallest absolute Gasteiger partial charge is 0.0490 e. The Bertz CT molecular complexity index is 835. The van der Waals surface area contributed by atoms with Gasteiger partial charge in [-0.05, 0) is 53.3 Å². The van der Waals surface area contributed by atoms with Crippen molar-refractivity contribution >= 4 is 17.3 Å². The normalized spacial score (nSPS) is 10.7. The summed E-state index contributed by atoms with van der Waals surface area (Å²) in [6.45, 7) is 2.24. The zero-order valence-electron chi connectivity index (χ0n) is 15.6. The largest absolute Gasteiger partial charge is 0.388 e. The fourth-order valence-corrected chi connectivity index (χ4v) is 3.48. The Kier molecular flexibility index (Phi) is 6.35. The average molecular weight is 364 g/mol. The molecule has 26 heavy (non-hydrogen) atoms. The fourth-order valence-electron chi connectivity index (χ4n) is 3.19. The number of unbranched alkanes of at least 4 members (excludes halogenated alkanes) is 2. The monoisotopic (exact) mass is 363 g/mol. The van der Waals surface area contributed by atoms with Gasteiger partial charge in [-0.2, -0.15) is 0 Å². The van der Waals surface area contributed by atoms with E-state index in [1.807, 2.05) is 7.05 Å². The quantitative estimate of drug-likeness (QED) is 0.430. The minimum absolute atomic E-state index is 0.784. The number of rotatable bonds is 7. The summed E-state index contributed by atoms with van der Waals surface area (Å²) >= 11 is 6.59. The van der Waals surface area contributed by atoms with Crippen molar-refractivity contribution in [1.29, 1.82) is 0 Å². The second-order valence-electron chi connectivity index (χ2n) is 6.68. The summed E-state index contributed by atoms with van der Waals surface area (Å²) in [6.07, 6.45) is 4.99. The Morgan fingerprint density at radius 1 is 0.769 bits per heavy atom. The predicted molar refractivity (Wildman–Crippen MR) is 115 cm³/mol. The van der Waals surface area contributed by atoms with E-state index in [-0.39, 0.29) is 0 Å². The molecular weight excluding hydrogens is 338 g/mol. The highest BCUT2D eigenvalue weighted by atomic mass is 35.5. The predicted octanol–water partition coefficient (Wildman–Crippen LogP) is 7.45. The maximum Gasteiger partial charge on any atom is 0.0490 e. The molecule has 134 valence electrons. The molecule has 0 aliphatic carbocycles. The molecule has 0 aliphatic rings. The molecule has 0 bridgehead atoms. The Morgan fingerprint density at radius 3 is 2.04 bits per heavy atom. The summed E-state index contributed by atoms with van der Waals surface area (Å²) < 4.78 is 0. The van der Waals surface area contributed by atoms with Crippen molar-refractivity contribution in [1.82, 2.24) is 0 Å². The molecule has 1 nitrogen and oxygen atoms in total. The molecule has 0 heterocycles. The van der Waals surface area contributed by atoms with Crippen LogP contribution in [0.1, 0.15) is 31.7 Å². The van der Waals surface area contributed by atoms with Crippen molar-refractivity contribution in [2.75, 3.05) is 12.4 Å². The molecule has 0 fully saturated rings. The van der Waals surface area contributed by atoms with E-state index in [4.69, 9.17) is 11.6 Å². The van der Waals surface area contributed by atoms with Gasteiger partial charge in [-0.25, -0.2) is 0 Å². The van der Waals surface area contributed by atoms with Gasteiger partial charge in [0.2, 0.25) is 0 Å². The molecule has 0 amide bonds. The first kappa shape index (κ1) is 18.5. The summed E-state index contributed by atoms with van der Waals surface area (Å²) in [5.41, 5.74) is 7.07. The minimum atomic E-state index is 0.784. The van der Waals surface area contributed by atoms with Gasteiger partial charge in [-0.3, -0.25) is 0 Å². The zero-order chi connectivity index (χ0) is 18.4. The van der Waals surface area contributed by atoms with Gasteiger partial charge in [0.05, 0.1) is 0 Å². The molecule has 2 heteroatoms. The van der Waals surface area contributed by atoms with E-state index in [2.05, 4.69) is 79.0 Å². The zero-order valence-corrected chi connectivity index (χ0v) is 16.3.